The van der Waals surface area contributed by atoms with Gasteiger partial charge in [-0.15, -0.1) is 79.4 Å². The van der Waals surface area contributed by atoms with Crippen molar-refractivity contribution >= 4 is 78.3 Å². The molecule has 2 aliphatic heterocycles. The summed E-state index contributed by atoms with van der Waals surface area (Å²) in [5, 5.41) is 5.34. The Morgan fingerprint density at radius 1 is 0.700 bits per heavy atom. The van der Waals surface area contributed by atoms with Gasteiger partial charge in [0, 0.05) is 21.9 Å². The van der Waals surface area contributed by atoms with Crippen LogP contribution in [0.2, 0.25) is 0 Å². The Bertz CT molecular complexity index is 1820. The quantitative estimate of drug-likeness (QED) is 0.231. The van der Waals surface area contributed by atoms with Crippen LogP contribution in [0.5, 0.6) is 0 Å². The first-order valence-electron chi connectivity index (χ1n) is 12.3. The maximum atomic E-state index is 3.62. The van der Waals surface area contributed by atoms with Crippen LogP contribution in [0.25, 0.3) is 23.3 Å². The van der Waals surface area contributed by atoms with Gasteiger partial charge in [-0.1, -0.05) is 78.7 Å². The number of likely N-dealkylation sites (N-methyl/N-ethyl adjacent to an activating group) is 2. The molecule has 0 aromatic heterocycles. The number of hydrogen-bond donors (Lipinski definition) is 0. The Kier molecular flexibility index (Phi) is 8.38. The van der Waals surface area contributed by atoms with Gasteiger partial charge in [0.25, 0.3) is 0 Å². The summed E-state index contributed by atoms with van der Waals surface area (Å²) in [6, 6.07) is 29.5. The summed E-state index contributed by atoms with van der Waals surface area (Å²) in [6.45, 7) is 0. The molecule has 8 rings (SSSR count). The summed E-state index contributed by atoms with van der Waals surface area (Å²) < 4.78 is 2.14. The van der Waals surface area contributed by atoms with E-state index in [1.54, 1.807) is 0 Å². The summed E-state index contributed by atoms with van der Waals surface area (Å²) in [5.74, 6) is 0. The van der Waals surface area contributed by atoms with Crippen LogP contribution in [-0.4, -0.2) is 26.2 Å². The minimum absolute atomic E-state index is 0. The van der Waals surface area contributed by atoms with E-state index in [9.17, 15) is 0 Å². The molecular formula is C32H20Br2Cl2N2SZr. The Morgan fingerprint density at radius 2 is 1.12 bits per heavy atom. The van der Waals surface area contributed by atoms with E-state index in [2.05, 4.69) is 129 Å². The van der Waals surface area contributed by atoms with Crippen molar-refractivity contribution in [3.05, 3.63) is 114 Å². The average Bonchev–Trinajstić information content (AvgIpc) is 3.60. The number of anilines is 2. The van der Waals surface area contributed by atoms with Crippen molar-refractivity contribution in [3.8, 4) is 0 Å². The van der Waals surface area contributed by atoms with Crippen molar-refractivity contribution in [3.63, 3.8) is 0 Å². The number of hydrogen-bond acceptors (Lipinski definition) is 3. The van der Waals surface area contributed by atoms with E-state index in [0.29, 0.717) is 0 Å². The van der Waals surface area contributed by atoms with Crippen molar-refractivity contribution in [1.29, 1.82) is 0 Å². The largest absolute Gasteiger partial charge is 4.00 e. The predicted octanol–water partition coefficient (Wildman–Crippen LogP) is -1.41. The fraction of sp³-hybridized carbons (Fsp3) is 0.125. The summed E-state index contributed by atoms with van der Waals surface area (Å²) in [7, 11) is 4.37. The SMILES string of the molecule is CN1c2cc(Br)c[c-]c2C2=c3cccc(Sc4cccc5c4=CC4C=5c5[c-]cc(Br)cc5N4C)c3=CC21.[Cl-].[Cl-].[Zr+4]. The zero-order valence-electron chi connectivity index (χ0n) is 21.4. The summed E-state index contributed by atoms with van der Waals surface area (Å²) in [5.41, 5.74) is 7.66. The van der Waals surface area contributed by atoms with Crippen molar-refractivity contribution in [1.82, 2.24) is 0 Å². The first-order valence-corrected chi connectivity index (χ1v) is 14.7. The van der Waals surface area contributed by atoms with E-state index >= 15 is 0 Å². The first kappa shape index (κ1) is 30.2. The van der Waals surface area contributed by atoms with Crippen molar-refractivity contribution in [2.75, 3.05) is 23.9 Å². The van der Waals surface area contributed by atoms with Gasteiger partial charge in [0.2, 0.25) is 0 Å². The second-order valence-electron chi connectivity index (χ2n) is 9.97. The minimum Gasteiger partial charge on any atom is -1.00 e. The van der Waals surface area contributed by atoms with E-state index in [-0.39, 0.29) is 63.1 Å². The molecule has 0 saturated carbocycles. The number of fused-ring (bicyclic) bond motifs is 8. The molecule has 4 aromatic rings. The van der Waals surface area contributed by atoms with Crippen LogP contribution in [0.4, 0.5) is 11.4 Å². The fourth-order valence-electron chi connectivity index (χ4n) is 6.38. The van der Waals surface area contributed by atoms with Crippen molar-refractivity contribution in [2.24, 2.45) is 0 Å². The molecule has 40 heavy (non-hydrogen) atoms. The van der Waals surface area contributed by atoms with Gasteiger partial charge in [0.15, 0.2) is 0 Å². The molecule has 2 aliphatic carbocycles. The van der Waals surface area contributed by atoms with E-state index in [1.165, 1.54) is 64.3 Å². The van der Waals surface area contributed by atoms with Gasteiger partial charge in [-0.25, -0.2) is 0 Å². The third kappa shape index (κ3) is 4.28. The maximum Gasteiger partial charge on any atom is 4.00 e. The number of nitrogens with zero attached hydrogens (tertiary/aromatic N) is 2. The van der Waals surface area contributed by atoms with Gasteiger partial charge in [0.1, 0.15) is 0 Å². The maximum absolute atomic E-state index is 3.62. The molecule has 2 unspecified atom stereocenters. The number of benzene rings is 4. The zero-order chi connectivity index (χ0) is 25.0. The molecule has 196 valence electrons. The minimum atomic E-state index is 0. The average molecular weight is 787 g/mol. The molecule has 0 fully saturated rings. The zero-order valence-corrected chi connectivity index (χ0v) is 29.4. The van der Waals surface area contributed by atoms with Crippen LogP contribution in [0.1, 0.15) is 11.1 Å². The molecule has 2 atom stereocenters. The summed E-state index contributed by atoms with van der Waals surface area (Å²) in [6.07, 6.45) is 4.86. The summed E-state index contributed by atoms with van der Waals surface area (Å²) >= 11 is 9.12. The van der Waals surface area contributed by atoms with E-state index in [1.807, 2.05) is 23.9 Å². The van der Waals surface area contributed by atoms with Crippen molar-refractivity contribution in [2.45, 2.75) is 21.9 Å². The summed E-state index contributed by atoms with van der Waals surface area (Å²) in [4.78, 5) is 7.35. The number of rotatable bonds is 2. The van der Waals surface area contributed by atoms with E-state index in [0.717, 1.165) is 8.95 Å². The van der Waals surface area contributed by atoms with Crippen LogP contribution in [0.15, 0.2) is 79.4 Å². The third-order valence-electron chi connectivity index (χ3n) is 8.08. The van der Waals surface area contributed by atoms with E-state index < -0.39 is 0 Å². The Hall–Kier alpha value is -1.27. The Morgan fingerprint density at radius 3 is 1.55 bits per heavy atom. The first-order chi connectivity index (χ1) is 18.0. The molecule has 2 nitrogen and oxygen atoms in total. The van der Waals surface area contributed by atoms with Crippen molar-refractivity contribution < 1.29 is 51.0 Å². The number of halogens is 4. The third-order valence-corrected chi connectivity index (χ3v) is 10.1. The normalized spacial score (nSPS) is 18.2. The predicted molar refractivity (Wildman–Crippen MR) is 160 cm³/mol. The molecule has 0 radical (unpaired) electrons. The second kappa shape index (κ2) is 11.1. The monoisotopic (exact) mass is 782 g/mol. The molecule has 0 saturated heterocycles. The Labute approximate surface area is 286 Å². The molecule has 0 N–H and O–H groups in total. The molecule has 0 amide bonds. The standard InChI is InChI=1S/C32H20Br2N2S.2ClH.Zr/c1-35-25-13-17(33)9-11-21(25)31-19-5-3-7-29(23(19)15-27(31)35)37-30-8-4-6-20-24(30)16-28-32(20)22-12-10-18(34)14-26(22)36(28)2;;;/h3-10,13-16,27-28H,1-2H3;2*1H;/q-2;;;+4/p-2. The topological polar surface area (TPSA) is 6.48 Å². The van der Waals surface area contributed by atoms with Gasteiger partial charge < -0.3 is 34.6 Å². The second-order valence-corrected chi connectivity index (χ2v) is 12.9. The van der Waals surface area contributed by atoms with Gasteiger partial charge >= 0.3 is 26.2 Å². The van der Waals surface area contributed by atoms with E-state index in [4.69, 9.17) is 0 Å². The molecular weight excluding hydrogens is 766 g/mol. The van der Waals surface area contributed by atoms with Gasteiger partial charge in [0.05, 0.1) is 0 Å². The van der Waals surface area contributed by atoms with Crippen LogP contribution < -0.4 is 55.5 Å². The molecule has 2 heterocycles. The van der Waals surface area contributed by atoms with Gasteiger partial charge in [-0.05, 0) is 48.0 Å². The van der Waals surface area contributed by atoms with Gasteiger partial charge in [-0.3, -0.25) is 0 Å². The van der Waals surface area contributed by atoms with Gasteiger partial charge in [-0.2, -0.15) is 0 Å². The van der Waals surface area contributed by atoms with Crippen LogP contribution in [0, 0.1) is 12.1 Å². The smallest absolute Gasteiger partial charge is 1.00 e. The fourth-order valence-corrected chi connectivity index (χ4v) is 8.15. The molecule has 4 aromatic carbocycles. The van der Waals surface area contributed by atoms with Crippen LogP contribution >= 0.6 is 43.6 Å². The molecule has 0 spiro atoms. The Balaban J connectivity index is 0.00000108. The molecule has 0 bridgehead atoms. The van der Waals surface area contributed by atoms with Crippen LogP contribution in [-0.2, 0) is 26.2 Å². The molecule has 4 aliphatic rings. The van der Waals surface area contributed by atoms with Crippen LogP contribution in [0.3, 0.4) is 0 Å². The molecule has 8 heteroatoms.